The monoisotopic (exact) mass is 315 g/mol. The highest BCUT2D eigenvalue weighted by atomic mass is 19.1. The average Bonchev–Trinajstić information content (AvgIpc) is 2.61. The van der Waals surface area contributed by atoms with Gasteiger partial charge in [0, 0.05) is 37.7 Å². The summed E-state index contributed by atoms with van der Waals surface area (Å²) in [5, 5.41) is 3.26. The van der Waals surface area contributed by atoms with Crippen LogP contribution in [0.1, 0.15) is 25.7 Å². The molecule has 1 aliphatic heterocycles. The Bertz CT molecular complexity index is 595. The van der Waals surface area contributed by atoms with Gasteiger partial charge in [-0.3, -0.25) is 0 Å². The van der Waals surface area contributed by atoms with Gasteiger partial charge in [0.25, 0.3) is 0 Å². The number of rotatable bonds is 6. The Morgan fingerprint density at radius 1 is 1.04 bits per heavy atom. The molecule has 0 bridgehead atoms. The smallest absolute Gasteiger partial charge is 0.222 e. The Morgan fingerprint density at radius 3 is 2.43 bits per heavy atom. The zero-order chi connectivity index (χ0) is 15.9. The Labute approximate surface area is 136 Å². The van der Waals surface area contributed by atoms with Crippen LogP contribution in [0, 0.1) is 11.7 Å². The van der Waals surface area contributed by atoms with Crippen molar-refractivity contribution in [3.8, 4) is 11.1 Å². The first-order chi connectivity index (χ1) is 11.3. The largest absolute Gasteiger partial charge is 0.381 e. The molecule has 122 valence electrons. The molecule has 1 aromatic carbocycles. The van der Waals surface area contributed by atoms with Crippen LogP contribution in [0.2, 0.25) is 0 Å². The normalized spacial score (nSPS) is 15.5. The molecule has 1 saturated heterocycles. The number of hydrogen-bond acceptors (Lipinski definition) is 4. The van der Waals surface area contributed by atoms with Crippen LogP contribution in [0.5, 0.6) is 0 Å². The number of aromatic nitrogens is 2. The molecule has 1 N–H and O–H groups in total. The first-order valence-electron chi connectivity index (χ1n) is 8.21. The number of halogens is 1. The van der Waals surface area contributed by atoms with Gasteiger partial charge in [0.05, 0.1) is 0 Å². The number of benzene rings is 1. The molecule has 0 amide bonds. The van der Waals surface area contributed by atoms with Crippen LogP contribution in [0.3, 0.4) is 0 Å². The SMILES string of the molecule is Fc1ccc(-c2cnc(NCCCC3CCOCC3)nc2)cc1. The van der Waals surface area contributed by atoms with Crippen molar-refractivity contribution in [1.82, 2.24) is 9.97 Å². The highest BCUT2D eigenvalue weighted by Gasteiger charge is 2.12. The molecular formula is C18H22FN3O. The van der Waals surface area contributed by atoms with Gasteiger partial charge in [0.15, 0.2) is 0 Å². The topological polar surface area (TPSA) is 47.0 Å². The molecule has 0 aliphatic carbocycles. The molecule has 5 heteroatoms. The fourth-order valence-electron chi connectivity index (χ4n) is 2.84. The minimum absolute atomic E-state index is 0.238. The second kappa shape index (κ2) is 8.02. The van der Waals surface area contributed by atoms with E-state index in [0.29, 0.717) is 5.95 Å². The predicted molar refractivity (Wildman–Crippen MR) is 88.7 cm³/mol. The van der Waals surface area contributed by atoms with E-state index < -0.39 is 0 Å². The zero-order valence-corrected chi connectivity index (χ0v) is 13.2. The van der Waals surface area contributed by atoms with Gasteiger partial charge in [-0.25, -0.2) is 14.4 Å². The molecule has 3 rings (SSSR count). The first kappa shape index (κ1) is 15.9. The van der Waals surface area contributed by atoms with Crippen molar-refractivity contribution >= 4 is 5.95 Å². The van der Waals surface area contributed by atoms with Gasteiger partial charge in [-0.05, 0) is 49.3 Å². The number of nitrogens with zero attached hydrogens (tertiary/aromatic N) is 2. The summed E-state index contributed by atoms with van der Waals surface area (Å²) < 4.78 is 18.3. The van der Waals surface area contributed by atoms with Crippen molar-refractivity contribution in [1.29, 1.82) is 0 Å². The van der Waals surface area contributed by atoms with Gasteiger partial charge in [-0.15, -0.1) is 0 Å². The maximum atomic E-state index is 12.9. The molecule has 0 radical (unpaired) electrons. The molecule has 2 heterocycles. The summed E-state index contributed by atoms with van der Waals surface area (Å²) in [7, 11) is 0. The van der Waals surface area contributed by atoms with E-state index in [0.717, 1.165) is 43.2 Å². The summed E-state index contributed by atoms with van der Waals surface area (Å²) in [5.41, 5.74) is 1.80. The number of nitrogens with one attached hydrogen (secondary N) is 1. The number of hydrogen-bond donors (Lipinski definition) is 1. The third kappa shape index (κ3) is 4.73. The number of anilines is 1. The molecular weight excluding hydrogens is 293 g/mol. The van der Waals surface area contributed by atoms with Crippen LogP contribution in [0.15, 0.2) is 36.7 Å². The van der Waals surface area contributed by atoms with Gasteiger partial charge >= 0.3 is 0 Å². The van der Waals surface area contributed by atoms with E-state index in [1.165, 1.54) is 31.4 Å². The fraction of sp³-hybridized carbons (Fsp3) is 0.444. The van der Waals surface area contributed by atoms with E-state index in [-0.39, 0.29) is 5.82 Å². The molecule has 0 atom stereocenters. The van der Waals surface area contributed by atoms with Gasteiger partial charge in [0.2, 0.25) is 5.95 Å². The highest BCUT2D eigenvalue weighted by molar-refractivity contribution is 5.61. The van der Waals surface area contributed by atoms with E-state index in [1.807, 2.05) is 0 Å². The van der Waals surface area contributed by atoms with Gasteiger partial charge in [-0.2, -0.15) is 0 Å². The molecule has 1 aromatic heterocycles. The minimum Gasteiger partial charge on any atom is -0.381 e. The molecule has 2 aromatic rings. The lowest BCUT2D eigenvalue weighted by Gasteiger charge is -2.21. The maximum Gasteiger partial charge on any atom is 0.222 e. The molecule has 23 heavy (non-hydrogen) atoms. The first-order valence-corrected chi connectivity index (χ1v) is 8.21. The number of ether oxygens (including phenoxy) is 1. The van der Waals surface area contributed by atoms with Crippen molar-refractivity contribution in [3.63, 3.8) is 0 Å². The lowest BCUT2D eigenvalue weighted by molar-refractivity contribution is 0.0636. The molecule has 1 aliphatic rings. The fourth-order valence-corrected chi connectivity index (χ4v) is 2.84. The quantitative estimate of drug-likeness (QED) is 0.821. The Hall–Kier alpha value is -2.01. The van der Waals surface area contributed by atoms with Crippen LogP contribution in [-0.2, 0) is 4.74 Å². The Kier molecular flexibility index (Phi) is 5.53. The van der Waals surface area contributed by atoms with E-state index in [9.17, 15) is 4.39 Å². The van der Waals surface area contributed by atoms with Crippen LogP contribution in [0.4, 0.5) is 10.3 Å². The van der Waals surface area contributed by atoms with E-state index in [4.69, 9.17) is 4.74 Å². The van der Waals surface area contributed by atoms with Crippen molar-refractivity contribution in [2.45, 2.75) is 25.7 Å². The third-order valence-electron chi connectivity index (χ3n) is 4.24. The Balaban J connectivity index is 1.45. The van der Waals surface area contributed by atoms with E-state index >= 15 is 0 Å². The second-order valence-corrected chi connectivity index (χ2v) is 5.93. The van der Waals surface area contributed by atoms with Crippen molar-refractivity contribution in [2.75, 3.05) is 25.1 Å². The lowest BCUT2D eigenvalue weighted by atomic mass is 9.95. The summed E-state index contributed by atoms with van der Waals surface area (Å²) >= 11 is 0. The van der Waals surface area contributed by atoms with Gasteiger partial charge in [0.1, 0.15) is 5.82 Å². The van der Waals surface area contributed by atoms with Crippen LogP contribution < -0.4 is 5.32 Å². The molecule has 1 fully saturated rings. The molecule has 0 saturated carbocycles. The maximum absolute atomic E-state index is 12.9. The van der Waals surface area contributed by atoms with Crippen molar-refractivity contribution in [2.24, 2.45) is 5.92 Å². The van der Waals surface area contributed by atoms with Crippen molar-refractivity contribution < 1.29 is 9.13 Å². The van der Waals surface area contributed by atoms with Crippen LogP contribution >= 0.6 is 0 Å². The summed E-state index contributed by atoms with van der Waals surface area (Å²) in [4.78, 5) is 8.65. The highest BCUT2D eigenvalue weighted by Crippen LogP contribution is 2.20. The minimum atomic E-state index is -0.238. The standard InChI is InChI=1S/C18H22FN3O/c19-17-5-3-15(4-6-17)16-12-21-18(22-13-16)20-9-1-2-14-7-10-23-11-8-14/h3-6,12-14H,1-2,7-11H2,(H,20,21,22). The summed E-state index contributed by atoms with van der Waals surface area (Å²) in [6.07, 6.45) is 8.24. The van der Waals surface area contributed by atoms with Gasteiger partial charge < -0.3 is 10.1 Å². The van der Waals surface area contributed by atoms with Gasteiger partial charge in [-0.1, -0.05) is 12.1 Å². The summed E-state index contributed by atoms with van der Waals surface area (Å²) in [6.45, 7) is 2.70. The average molecular weight is 315 g/mol. The Morgan fingerprint density at radius 2 is 1.74 bits per heavy atom. The van der Waals surface area contributed by atoms with E-state index in [2.05, 4.69) is 15.3 Å². The van der Waals surface area contributed by atoms with Crippen molar-refractivity contribution in [3.05, 3.63) is 42.5 Å². The zero-order valence-electron chi connectivity index (χ0n) is 13.2. The lowest BCUT2D eigenvalue weighted by Crippen LogP contribution is -2.16. The molecule has 0 spiro atoms. The summed E-state index contributed by atoms with van der Waals surface area (Å²) in [6, 6.07) is 6.35. The van der Waals surface area contributed by atoms with Crippen LogP contribution in [0.25, 0.3) is 11.1 Å². The molecule has 0 unspecified atom stereocenters. The predicted octanol–water partition coefficient (Wildman–Crippen LogP) is 3.90. The molecule has 4 nitrogen and oxygen atoms in total. The third-order valence-corrected chi connectivity index (χ3v) is 4.24. The summed E-state index contributed by atoms with van der Waals surface area (Å²) in [5.74, 6) is 1.20. The van der Waals surface area contributed by atoms with Crippen LogP contribution in [-0.4, -0.2) is 29.7 Å². The second-order valence-electron chi connectivity index (χ2n) is 5.93. The van der Waals surface area contributed by atoms with E-state index in [1.54, 1.807) is 24.5 Å².